The number of sulfonamides is 1. The second kappa shape index (κ2) is 7.49. The normalized spacial score (nSPS) is 11.8. The van der Waals surface area contributed by atoms with Crippen molar-refractivity contribution in [1.82, 2.24) is 19.7 Å². The second-order valence-corrected chi connectivity index (χ2v) is 8.08. The molecule has 4 rings (SSSR count). The number of halogens is 1. The van der Waals surface area contributed by atoms with Crippen molar-refractivity contribution in [1.29, 1.82) is 0 Å². The topological polar surface area (TPSA) is 87.7 Å². The molecule has 0 aliphatic heterocycles. The van der Waals surface area contributed by atoms with Gasteiger partial charge in [-0.05, 0) is 47.9 Å². The lowest BCUT2D eigenvalue weighted by atomic mass is 10.1. The molecule has 0 unspecified atom stereocenters. The molecule has 0 atom stereocenters. The molecule has 4 aromatic rings. The third-order valence-electron chi connectivity index (χ3n) is 4.44. The molecule has 0 radical (unpaired) electrons. The van der Waals surface area contributed by atoms with Crippen molar-refractivity contribution < 1.29 is 12.8 Å². The van der Waals surface area contributed by atoms with Crippen molar-refractivity contribution in [3.63, 3.8) is 0 Å². The van der Waals surface area contributed by atoms with Crippen LogP contribution in [0.5, 0.6) is 0 Å². The molecule has 2 aromatic carbocycles. The number of hydrogen-bond acceptors (Lipinski definition) is 4. The van der Waals surface area contributed by atoms with Crippen molar-refractivity contribution in [2.24, 2.45) is 0 Å². The van der Waals surface area contributed by atoms with E-state index in [9.17, 15) is 12.8 Å². The average Bonchev–Trinajstić information content (AvgIpc) is 3.12. The number of hydrogen-bond donors (Lipinski definition) is 2. The lowest BCUT2D eigenvalue weighted by molar-refractivity contribution is 0.581. The molecule has 142 valence electrons. The standard InChI is InChI=1S/C20H17FN4O2S/c21-16-3-6-18-19(12-24-20(18)9-16)15-1-4-17(5-2-15)28(26,27)25-8-7-14-10-22-13-23-11-14/h1-6,9-13,24-25H,7-8H2. The predicted octanol–water partition coefficient (Wildman–Crippen LogP) is 3.29. The summed E-state index contributed by atoms with van der Waals surface area (Å²) in [6.07, 6.45) is 7.03. The Balaban J connectivity index is 1.50. The number of aromatic nitrogens is 3. The van der Waals surface area contributed by atoms with Crippen molar-refractivity contribution >= 4 is 20.9 Å². The van der Waals surface area contributed by atoms with Gasteiger partial charge < -0.3 is 4.98 Å². The van der Waals surface area contributed by atoms with Crippen LogP contribution in [-0.2, 0) is 16.4 Å². The zero-order valence-corrected chi connectivity index (χ0v) is 15.6. The van der Waals surface area contributed by atoms with Crippen LogP contribution in [0.15, 0.2) is 72.3 Å². The minimum Gasteiger partial charge on any atom is -0.360 e. The monoisotopic (exact) mass is 396 g/mol. The summed E-state index contributed by atoms with van der Waals surface area (Å²) in [7, 11) is -3.61. The van der Waals surface area contributed by atoms with E-state index in [1.165, 1.54) is 18.5 Å². The van der Waals surface area contributed by atoms with E-state index in [-0.39, 0.29) is 17.3 Å². The highest BCUT2D eigenvalue weighted by Gasteiger charge is 2.14. The maximum atomic E-state index is 13.3. The van der Waals surface area contributed by atoms with Gasteiger partial charge in [0.15, 0.2) is 0 Å². The number of H-pyrrole nitrogens is 1. The van der Waals surface area contributed by atoms with Gasteiger partial charge in [0.25, 0.3) is 0 Å². The zero-order valence-electron chi connectivity index (χ0n) is 14.8. The van der Waals surface area contributed by atoms with Gasteiger partial charge in [0.05, 0.1) is 4.90 Å². The van der Waals surface area contributed by atoms with Crippen LogP contribution in [0.2, 0.25) is 0 Å². The summed E-state index contributed by atoms with van der Waals surface area (Å²) in [4.78, 5) is 11.0. The second-order valence-electron chi connectivity index (χ2n) is 6.31. The lowest BCUT2D eigenvalue weighted by Gasteiger charge is -2.08. The molecule has 0 amide bonds. The summed E-state index contributed by atoms with van der Waals surface area (Å²) in [5.74, 6) is -0.310. The Bertz CT molecular complexity index is 1210. The minimum atomic E-state index is -3.61. The first-order valence-corrected chi connectivity index (χ1v) is 10.1. The number of benzene rings is 2. The molecule has 0 saturated carbocycles. The minimum absolute atomic E-state index is 0.187. The van der Waals surface area contributed by atoms with Gasteiger partial charge in [0.2, 0.25) is 10.0 Å². The van der Waals surface area contributed by atoms with E-state index in [4.69, 9.17) is 0 Å². The van der Waals surface area contributed by atoms with E-state index in [0.717, 1.165) is 22.1 Å². The molecular formula is C20H17FN4O2S. The van der Waals surface area contributed by atoms with Crippen molar-refractivity contribution in [2.75, 3.05) is 6.54 Å². The zero-order chi connectivity index (χ0) is 19.6. The molecular weight excluding hydrogens is 379 g/mol. The van der Waals surface area contributed by atoms with E-state index in [1.807, 2.05) is 0 Å². The van der Waals surface area contributed by atoms with E-state index < -0.39 is 10.0 Å². The van der Waals surface area contributed by atoms with Gasteiger partial charge in [0.1, 0.15) is 12.1 Å². The molecule has 0 fully saturated rings. The van der Waals surface area contributed by atoms with Crippen LogP contribution in [0.3, 0.4) is 0 Å². The van der Waals surface area contributed by atoms with Crippen LogP contribution < -0.4 is 4.72 Å². The van der Waals surface area contributed by atoms with Gasteiger partial charge in [-0.2, -0.15) is 0 Å². The lowest BCUT2D eigenvalue weighted by Crippen LogP contribution is -2.26. The number of fused-ring (bicyclic) bond motifs is 1. The Labute approximate surface area is 161 Å². The maximum absolute atomic E-state index is 13.3. The van der Waals surface area contributed by atoms with Crippen molar-refractivity contribution in [3.8, 4) is 11.1 Å². The largest absolute Gasteiger partial charge is 0.360 e. The van der Waals surface area contributed by atoms with Gasteiger partial charge in [-0.3, -0.25) is 0 Å². The maximum Gasteiger partial charge on any atom is 0.240 e. The first-order valence-electron chi connectivity index (χ1n) is 8.63. The quantitative estimate of drug-likeness (QED) is 0.524. The fourth-order valence-corrected chi connectivity index (χ4v) is 4.05. The average molecular weight is 396 g/mol. The van der Waals surface area contributed by atoms with E-state index in [1.54, 1.807) is 48.9 Å². The summed E-state index contributed by atoms with van der Waals surface area (Å²) >= 11 is 0. The molecule has 0 aliphatic carbocycles. The Kier molecular flexibility index (Phi) is 4.89. The third-order valence-corrected chi connectivity index (χ3v) is 5.92. The summed E-state index contributed by atoms with van der Waals surface area (Å²) in [5.41, 5.74) is 3.28. The molecule has 0 bridgehead atoms. The number of rotatable bonds is 6. The highest BCUT2D eigenvalue weighted by Crippen LogP contribution is 2.29. The first-order chi connectivity index (χ1) is 13.5. The number of aromatic amines is 1. The van der Waals surface area contributed by atoms with Crippen LogP contribution in [0.25, 0.3) is 22.0 Å². The fraction of sp³-hybridized carbons (Fsp3) is 0.100. The summed E-state index contributed by atoms with van der Waals surface area (Å²) in [6, 6.07) is 11.1. The van der Waals surface area contributed by atoms with Gasteiger partial charge in [-0.1, -0.05) is 12.1 Å². The van der Waals surface area contributed by atoms with Crippen LogP contribution in [-0.4, -0.2) is 29.9 Å². The molecule has 0 saturated heterocycles. The highest BCUT2D eigenvalue weighted by atomic mass is 32.2. The fourth-order valence-electron chi connectivity index (χ4n) is 3.02. The molecule has 2 N–H and O–H groups in total. The van der Waals surface area contributed by atoms with Crippen LogP contribution in [0, 0.1) is 5.82 Å². The Morgan fingerprint density at radius 3 is 2.54 bits per heavy atom. The van der Waals surface area contributed by atoms with Crippen LogP contribution in [0.1, 0.15) is 5.56 Å². The van der Waals surface area contributed by atoms with Gasteiger partial charge >= 0.3 is 0 Å². The summed E-state index contributed by atoms with van der Waals surface area (Å²) in [6.45, 7) is 0.255. The molecule has 6 nitrogen and oxygen atoms in total. The molecule has 0 spiro atoms. The van der Waals surface area contributed by atoms with Crippen molar-refractivity contribution in [2.45, 2.75) is 11.3 Å². The van der Waals surface area contributed by atoms with Crippen LogP contribution in [0.4, 0.5) is 4.39 Å². The Morgan fingerprint density at radius 1 is 1.04 bits per heavy atom. The molecule has 2 heterocycles. The molecule has 28 heavy (non-hydrogen) atoms. The molecule has 2 aromatic heterocycles. The number of nitrogens with zero attached hydrogens (tertiary/aromatic N) is 2. The molecule has 0 aliphatic rings. The SMILES string of the molecule is O=S(=O)(NCCc1cncnc1)c1ccc(-c2c[nH]c3cc(F)ccc23)cc1. The van der Waals surface area contributed by atoms with E-state index in [0.29, 0.717) is 11.9 Å². The highest BCUT2D eigenvalue weighted by molar-refractivity contribution is 7.89. The van der Waals surface area contributed by atoms with Gasteiger partial charge in [-0.15, -0.1) is 0 Å². The smallest absolute Gasteiger partial charge is 0.240 e. The van der Waals surface area contributed by atoms with Crippen LogP contribution >= 0.6 is 0 Å². The van der Waals surface area contributed by atoms with Crippen molar-refractivity contribution in [3.05, 3.63) is 78.8 Å². The summed E-state index contributed by atoms with van der Waals surface area (Å²) < 4.78 is 40.9. The molecule has 8 heteroatoms. The van der Waals surface area contributed by atoms with E-state index in [2.05, 4.69) is 19.7 Å². The predicted molar refractivity (Wildman–Crippen MR) is 105 cm³/mol. The first kappa shape index (κ1) is 18.3. The number of nitrogens with one attached hydrogen (secondary N) is 2. The Morgan fingerprint density at radius 2 is 1.79 bits per heavy atom. The van der Waals surface area contributed by atoms with E-state index >= 15 is 0 Å². The third kappa shape index (κ3) is 3.78. The Hall–Kier alpha value is -3.10. The van der Waals surface area contributed by atoms with Gasteiger partial charge in [-0.25, -0.2) is 27.5 Å². The van der Waals surface area contributed by atoms with Gasteiger partial charge in [0, 0.05) is 41.6 Å². The summed E-state index contributed by atoms with van der Waals surface area (Å²) in [5, 5.41) is 0.875.